The van der Waals surface area contributed by atoms with Crippen molar-refractivity contribution >= 4 is 5.91 Å². The third kappa shape index (κ3) is 2.97. The van der Waals surface area contributed by atoms with Crippen molar-refractivity contribution in [3.8, 4) is 0 Å². The van der Waals surface area contributed by atoms with Gasteiger partial charge < -0.3 is 15.7 Å². The second kappa shape index (κ2) is 4.07. The van der Waals surface area contributed by atoms with Gasteiger partial charge in [0.1, 0.15) is 0 Å². The second-order valence-corrected chi connectivity index (χ2v) is 4.40. The zero-order valence-electron chi connectivity index (χ0n) is 8.26. The lowest BCUT2D eigenvalue weighted by molar-refractivity contribution is -0.126. The Hall–Kier alpha value is -0.610. The van der Waals surface area contributed by atoms with E-state index in [2.05, 4.69) is 10.6 Å². The number of hydrogen-bond donors (Lipinski definition) is 3. The fourth-order valence-corrected chi connectivity index (χ4v) is 1.00. The SMILES string of the molecule is CC(C)(CO)CNC(=O)C1CNC1. The number of amides is 1. The maximum Gasteiger partial charge on any atom is 0.225 e. The molecule has 1 fully saturated rings. The van der Waals surface area contributed by atoms with Gasteiger partial charge in [-0.2, -0.15) is 0 Å². The number of rotatable bonds is 4. The van der Waals surface area contributed by atoms with Crippen molar-refractivity contribution < 1.29 is 9.90 Å². The first kappa shape index (κ1) is 10.5. The van der Waals surface area contributed by atoms with Gasteiger partial charge in [-0.15, -0.1) is 0 Å². The Kier molecular flexibility index (Phi) is 3.27. The minimum atomic E-state index is -0.215. The first-order valence-electron chi connectivity index (χ1n) is 4.64. The number of aliphatic hydroxyl groups is 1. The summed E-state index contributed by atoms with van der Waals surface area (Å²) < 4.78 is 0. The highest BCUT2D eigenvalue weighted by Crippen LogP contribution is 2.12. The van der Waals surface area contributed by atoms with Crippen molar-refractivity contribution in [1.29, 1.82) is 0 Å². The number of carbonyl (C=O) groups excluding carboxylic acids is 1. The summed E-state index contributed by atoms with van der Waals surface area (Å²) in [5.74, 6) is 0.231. The minimum absolute atomic E-state index is 0.0934. The van der Waals surface area contributed by atoms with E-state index < -0.39 is 0 Å². The molecule has 0 saturated carbocycles. The third-order valence-electron chi connectivity index (χ3n) is 2.32. The van der Waals surface area contributed by atoms with E-state index in [4.69, 9.17) is 5.11 Å². The van der Waals surface area contributed by atoms with Gasteiger partial charge in [-0.3, -0.25) is 4.79 Å². The summed E-state index contributed by atoms with van der Waals surface area (Å²) in [7, 11) is 0. The standard InChI is InChI=1S/C9H18N2O2/c1-9(2,6-12)5-11-8(13)7-3-10-4-7/h7,10,12H,3-6H2,1-2H3,(H,11,13). The molecule has 1 aliphatic rings. The van der Waals surface area contributed by atoms with Crippen LogP contribution in [-0.2, 0) is 4.79 Å². The van der Waals surface area contributed by atoms with Gasteiger partial charge in [0.25, 0.3) is 0 Å². The first-order valence-corrected chi connectivity index (χ1v) is 4.64. The van der Waals surface area contributed by atoms with Crippen LogP contribution in [0.3, 0.4) is 0 Å². The molecule has 1 saturated heterocycles. The highest BCUT2D eigenvalue weighted by Gasteiger charge is 2.26. The van der Waals surface area contributed by atoms with Gasteiger partial charge in [0, 0.05) is 31.7 Å². The molecule has 1 amide bonds. The molecular weight excluding hydrogens is 168 g/mol. The quantitative estimate of drug-likeness (QED) is 0.546. The summed E-state index contributed by atoms with van der Waals surface area (Å²) in [5, 5.41) is 14.8. The molecule has 0 atom stereocenters. The lowest BCUT2D eigenvalue weighted by atomic mass is 9.94. The molecule has 0 aromatic rings. The smallest absolute Gasteiger partial charge is 0.225 e. The number of nitrogens with one attached hydrogen (secondary N) is 2. The lowest BCUT2D eigenvalue weighted by Gasteiger charge is -2.28. The van der Waals surface area contributed by atoms with Gasteiger partial charge in [0.05, 0.1) is 5.92 Å². The molecule has 0 aromatic heterocycles. The molecule has 13 heavy (non-hydrogen) atoms. The van der Waals surface area contributed by atoms with E-state index in [9.17, 15) is 4.79 Å². The topological polar surface area (TPSA) is 61.4 Å². The Morgan fingerprint density at radius 3 is 2.62 bits per heavy atom. The maximum absolute atomic E-state index is 11.4. The number of hydrogen-bond acceptors (Lipinski definition) is 3. The Labute approximate surface area is 78.7 Å². The van der Waals surface area contributed by atoms with Crippen molar-refractivity contribution in [2.24, 2.45) is 11.3 Å². The molecule has 4 nitrogen and oxygen atoms in total. The molecule has 1 rings (SSSR count). The van der Waals surface area contributed by atoms with E-state index >= 15 is 0 Å². The van der Waals surface area contributed by atoms with Crippen LogP contribution in [0.5, 0.6) is 0 Å². The van der Waals surface area contributed by atoms with Crippen molar-refractivity contribution in [2.45, 2.75) is 13.8 Å². The van der Waals surface area contributed by atoms with Crippen LogP contribution in [0.15, 0.2) is 0 Å². The van der Waals surface area contributed by atoms with Crippen molar-refractivity contribution in [3.05, 3.63) is 0 Å². The van der Waals surface area contributed by atoms with Gasteiger partial charge in [0.15, 0.2) is 0 Å². The Bertz CT molecular complexity index is 188. The molecule has 0 bridgehead atoms. The number of carbonyl (C=O) groups is 1. The molecule has 1 heterocycles. The van der Waals surface area contributed by atoms with Gasteiger partial charge in [-0.25, -0.2) is 0 Å². The highest BCUT2D eigenvalue weighted by molar-refractivity contribution is 5.80. The average molecular weight is 186 g/mol. The molecule has 0 aromatic carbocycles. The molecule has 0 unspecified atom stereocenters. The van der Waals surface area contributed by atoms with E-state index in [0.717, 1.165) is 13.1 Å². The highest BCUT2D eigenvalue weighted by atomic mass is 16.3. The second-order valence-electron chi connectivity index (χ2n) is 4.40. The van der Waals surface area contributed by atoms with Gasteiger partial charge in [0.2, 0.25) is 5.91 Å². The van der Waals surface area contributed by atoms with Crippen LogP contribution in [-0.4, -0.2) is 37.3 Å². The Balaban J connectivity index is 2.21. The molecule has 1 aliphatic heterocycles. The third-order valence-corrected chi connectivity index (χ3v) is 2.32. The maximum atomic E-state index is 11.4. The summed E-state index contributed by atoms with van der Waals surface area (Å²) in [4.78, 5) is 11.4. The van der Waals surface area contributed by atoms with Crippen LogP contribution in [0.25, 0.3) is 0 Å². The molecule has 4 heteroatoms. The van der Waals surface area contributed by atoms with Crippen LogP contribution >= 0.6 is 0 Å². The minimum Gasteiger partial charge on any atom is -0.396 e. The van der Waals surface area contributed by atoms with E-state index in [1.807, 2.05) is 13.8 Å². The van der Waals surface area contributed by atoms with Crippen LogP contribution in [0.4, 0.5) is 0 Å². The van der Waals surface area contributed by atoms with E-state index in [-0.39, 0.29) is 23.8 Å². The lowest BCUT2D eigenvalue weighted by Crippen LogP contribution is -2.52. The molecule has 0 aliphatic carbocycles. The van der Waals surface area contributed by atoms with Crippen molar-refractivity contribution in [2.75, 3.05) is 26.2 Å². The largest absolute Gasteiger partial charge is 0.396 e. The molecular formula is C9H18N2O2. The summed E-state index contributed by atoms with van der Waals surface area (Å²) in [6.45, 7) is 6.05. The van der Waals surface area contributed by atoms with Crippen molar-refractivity contribution in [3.63, 3.8) is 0 Å². The van der Waals surface area contributed by atoms with Crippen LogP contribution in [0.2, 0.25) is 0 Å². The van der Waals surface area contributed by atoms with Crippen LogP contribution in [0.1, 0.15) is 13.8 Å². The zero-order valence-corrected chi connectivity index (χ0v) is 8.26. The van der Waals surface area contributed by atoms with E-state index in [1.165, 1.54) is 0 Å². The van der Waals surface area contributed by atoms with Crippen molar-refractivity contribution in [1.82, 2.24) is 10.6 Å². The molecule has 76 valence electrons. The van der Waals surface area contributed by atoms with E-state index in [1.54, 1.807) is 0 Å². The average Bonchev–Trinajstić information content (AvgIpc) is 1.98. The van der Waals surface area contributed by atoms with Crippen LogP contribution in [0, 0.1) is 11.3 Å². The van der Waals surface area contributed by atoms with Gasteiger partial charge in [-0.1, -0.05) is 13.8 Å². The predicted octanol–water partition coefficient (Wildman–Crippen LogP) is -0.659. The van der Waals surface area contributed by atoms with Gasteiger partial charge >= 0.3 is 0 Å². The molecule has 0 radical (unpaired) electrons. The first-order chi connectivity index (χ1) is 6.05. The molecule has 3 N–H and O–H groups in total. The molecule has 0 spiro atoms. The zero-order chi connectivity index (χ0) is 9.90. The normalized spacial score (nSPS) is 18.1. The fourth-order valence-electron chi connectivity index (χ4n) is 1.00. The summed E-state index contributed by atoms with van der Waals surface area (Å²) in [6.07, 6.45) is 0. The fraction of sp³-hybridized carbons (Fsp3) is 0.889. The monoisotopic (exact) mass is 186 g/mol. The van der Waals surface area contributed by atoms with E-state index in [0.29, 0.717) is 6.54 Å². The van der Waals surface area contributed by atoms with Gasteiger partial charge in [-0.05, 0) is 0 Å². The summed E-state index contributed by atoms with van der Waals surface area (Å²) in [5.41, 5.74) is -0.215. The predicted molar refractivity (Wildman–Crippen MR) is 50.2 cm³/mol. The summed E-state index contributed by atoms with van der Waals surface area (Å²) >= 11 is 0. The van der Waals surface area contributed by atoms with Crippen LogP contribution < -0.4 is 10.6 Å². The Morgan fingerprint density at radius 2 is 2.23 bits per heavy atom. The summed E-state index contributed by atoms with van der Waals surface area (Å²) in [6, 6.07) is 0. The number of aliphatic hydroxyl groups excluding tert-OH is 1. The Morgan fingerprint density at radius 1 is 1.62 bits per heavy atom.